The zero-order valence-electron chi connectivity index (χ0n) is 7.21. The van der Waals surface area contributed by atoms with Crippen LogP contribution in [0.2, 0.25) is 0 Å². The standard InChI is InChI=1S/C8H19N2O/c1-2-3-4-5-8(11)7(10)6-9/h7,11H,2-6,9-10H2,1H3. The molecule has 0 aliphatic rings. The maximum Gasteiger partial charge on any atom is 0.111 e. The molecular formula is C8H19N2O. The minimum atomic E-state index is -0.327. The van der Waals surface area contributed by atoms with Gasteiger partial charge in [0.05, 0.1) is 0 Å². The predicted octanol–water partition coefficient (Wildman–Crippen LogP) is 0.757. The average molecular weight is 159 g/mol. The van der Waals surface area contributed by atoms with Crippen molar-refractivity contribution in [2.75, 3.05) is 6.54 Å². The molecule has 0 saturated heterocycles. The van der Waals surface area contributed by atoms with Gasteiger partial charge in [-0.2, -0.15) is 0 Å². The van der Waals surface area contributed by atoms with Gasteiger partial charge in [-0.25, -0.2) is 0 Å². The molecule has 3 heteroatoms. The second-order valence-electron chi connectivity index (χ2n) is 2.79. The Kier molecular flexibility index (Phi) is 6.51. The van der Waals surface area contributed by atoms with Crippen LogP contribution in [0.4, 0.5) is 0 Å². The third kappa shape index (κ3) is 5.18. The zero-order chi connectivity index (χ0) is 8.69. The van der Waals surface area contributed by atoms with Crippen LogP contribution in [0.25, 0.3) is 0 Å². The molecule has 0 heterocycles. The van der Waals surface area contributed by atoms with Gasteiger partial charge in [0.1, 0.15) is 6.10 Å². The monoisotopic (exact) mass is 159 g/mol. The van der Waals surface area contributed by atoms with Crippen molar-refractivity contribution in [2.45, 2.75) is 38.6 Å². The van der Waals surface area contributed by atoms with E-state index in [0.717, 1.165) is 19.3 Å². The van der Waals surface area contributed by atoms with Crippen LogP contribution in [-0.4, -0.2) is 17.7 Å². The fourth-order valence-electron chi connectivity index (χ4n) is 0.878. The highest BCUT2D eigenvalue weighted by atomic mass is 16.3. The van der Waals surface area contributed by atoms with Gasteiger partial charge in [0.15, 0.2) is 0 Å². The van der Waals surface area contributed by atoms with Gasteiger partial charge in [0.25, 0.3) is 0 Å². The smallest absolute Gasteiger partial charge is 0.111 e. The number of nitrogens with two attached hydrogens (primary N) is 2. The summed E-state index contributed by atoms with van der Waals surface area (Å²) in [4.78, 5) is 0. The van der Waals surface area contributed by atoms with E-state index in [-0.39, 0.29) is 6.04 Å². The zero-order valence-corrected chi connectivity index (χ0v) is 7.21. The van der Waals surface area contributed by atoms with Crippen molar-refractivity contribution in [2.24, 2.45) is 11.5 Å². The minimum Gasteiger partial charge on any atom is -0.385 e. The Bertz CT molecular complexity index is 88.2. The summed E-state index contributed by atoms with van der Waals surface area (Å²) in [5, 5.41) is 9.26. The summed E-state index contributed by atoms with van der Waals surface area (Å²) in [7, 11) is 0. The van der Waals surface area contributed by atoms with Gasteiger partial charge in [-0.3, -0.25) is 0 Å². The Labute approximate surface area is 68.8 Å². The molecule has 0 saturated carbocycles. The first-order valence-electron chi connectivity index (χ1n) is 4.22. The van der Waals surface area contributed by atoms with Crippen LogP contribution >= 0.6 is 0 Å². The van der Waals surface area contributed by atoms with Crippen LogP contribution < -0.4 is 11.5 Å². The lowest BCUT2D eigenvalue weighted by Gasteiger charge is -2.14. The van der Waals surface area contributed by atoms with Crippen LogP contribution in [0.1, 0.15) is 32.6 Å². The molecule has 0 aromatic rings. The lowest BCUT2D eigenvalue weighted by Crippen LogP contribution is -2.35. The van der Waals surface area contributed by atoms with Crippen LogP contribution in [0.5, 0.6) is 0 Å². The van der Waals surface area contributed by atoms with Gasteiger partial charge in [0.2, 0.25) is 0 Å². The Morgan fingerprint density at radius 2 is 2.09 bits per heavy atom. The summed E-state index contributed by atoms with van der Waals surface area (Å²) in [5.74, 6) is 0. The van der Waals surface area contributed by atoms with Crippen molar-refractivity contribution < 1.29 is 5.11 Å². The van der Waals surface area contributed by atoms with Gasteiger partial charge < -0.3 is 16.6 Å². The van der Waals surface area contributed by atoms with Gasteiger partial charge in [-0.05, 0) is 6.42 Å². The molecule has 0 spiro atoms. The average Bonchev–Trinajstić information content (AvgIpc) is 2.03. The van der Waals surface area contributed by atoms with Gasteiger partial charge in [0, 0.05) is 12.6 Å². The first kappa shape index (κ1) is 10.9. The van der Waals surface area contributed by atoms with Crippen LogP contribution in [0, 0.1) is 6.10 Å². The first-order chi connectivity index (χ1) is 5.22. The number of rotatable bonds is 6. The normalized spacial score (nSPS) is 13.9. The van der Waals surface area contributed by atoms with Crippen molar-refractivity contribution in [1.82, 2.24) is 0 Å². The van der Waals surface area contributed by atoms with E-state index in [0.29, 0.717) is 19.1 Å². The number of aliphatic hydroxyl groups excluding tert-OH is 1. The van der Waals surface area contributed by atoms with Crippen molar-refractivity contribution in [3.63, 3.8) is 0 Å². The summed E-state index contributed by atoms with van der Waals surface area (Å²) in [6.07, 6.45) is 4.36. The maximum absolute atomic E-state index is 9.26. The maximum atomic E-state index is 9.26. The Morgan fingerprint density at radius 3 is 2.55 bits per heavy atom. The Balaban J connectivity index is 3.28. The molecule has 0 rings (SSSR count). The summed E-state index contributed by atoms with van der Waals surface area (Å²) in [6, 6.07) is -0.327. The van der Waals surface area contributed by atoms with E-state index in [4.69, 9.17) is 11.5 Å². The van der Waals surface area contributed by atoms with Crippen molar-refractivity contribution >= 4 is 0 Å². The molecule has 0 aliphatic carbocycles. The fourth-order valence-corrected chi connectivity index (χ4v) is 0.878. The number of hydrogen-bond donors (Lipinski definition) is 3. The highest BCUT2D eigenvalue weighted by Gasteiger charge is 2.12. The first-order valence-corrected chi connectivity index (χ1v) is 4.22. The van der Waals surface area contributed by atoms with Gasteiger partial charge in [-0.15, -0.1) is 0 Å². The van der Waals surface area contributed by atoms with E-state index in [1.165, 1.54) is 0 Å². The molecule has 1 unspecified atom stereocenters. The van der Waals surface area contributed by atoms with Crippen LogP contribution in [0.15, 0.2) is 0 Å². The van der Waals surface area contributed by atoms with Crippen LogP contribution in [0.3, 0.4) is 0 Å². The second-order valence-corrected chi connectivity index (χ2v) is 2.79. The highest BCUT2D eigenvalue weighted by Crippen LogP contribution is 2.10. The lowest BCUT2D eigenvalue weighted by atomic mass is 10.1. The van der Waals surface area contributed by atoms with Crippen LogP contribution in [-0.2, 0) is 0 Å². The van der Waals surface area contributed by atoms with Gasteiger partial charge in [-0.1, -0.05) is 26.2 Å². The topological polar surface area (TPSA) is 72.3 Å². The number of unbranched alkanes of at least 4 members (excludes halogenated alkanes) is 2. The third-order valence-electron chi connectivity index (χ3n) is 1.72. The largest absolute Gasteiger partial charge is 0.385 e. The van der Waals surface area contributed by atoms with E-state index in [9.17, 15) is 5.11 Å². The molecule has 0 aromatic carbocycles. The van der Waals surface area contributed by atoms with E-state index in [1.807, 2.05) is 0 Å². The molecule has 5 N–H and O–H groups in total. The second kappa shape index (κ2) is 6.58. The molecule has 0 aromatic heterocycles. The molecule has 11 heavy (non-hydrogen) atoms. The number of aliphatic hydroxyl groups is 1. The molecule has 3 nitrogen and oxygen atoms in total. The molecule has 0 fully saturated rings. The van der Waals surface area contributed by atoms with Gasteiger partial charge >= 0.3 is 0 Å². The molecular weight excluding hydrogens is 140 g/mol. The molecule has 0 aliphatic heterocycles. The summed E-state index contributed by atoms with van der Waals surface area (Å²) in [6.45, 7) is 2.46. The predicted molar refractivity (Wildman–Crippen MR) is 46.4 cm³/mol. The Morgan fingerprint density at radius 1 is 1.45 bits per heavy atom. The third-order valence-corrected chi connectivity index (χ3v) is 1.72. The SMILES string of the molecule is CCCCC[C](O)C(N)CN. The Hall–Kier alpha value is -0.120. The summed E-state index contributed by atoms with van der Waals surface area (Å²) < 4.78 is 0. The highest BCUT2D eigenvalue weighted by molar-refractivity contribution is 4.88. The lowest BCUT2D eigenvalue weighted by molar-refractivity contribution is 0.245. The minimum absolute atomic E-state index is 0.327. The summed E-state index contributed by atoms with van der Waals surface area (Å²) in [5.41, 5.74) is 10.8. The molecule has 0 amide bonds. The molecule has 0 bridgehead atoms. The van der Waals surface area contributed by atoms with Crippen molar-refractivity contribution in [3.8, 4) is 0 Å². The quantitative estimate of drug-likeness (QED) is 0.501. The van der Waals surface area contributed by atoms with E-state index >= 15 is 0 Å². The van der Waals surface area contributed by atoms with Crippen molar-refractivity contribution in [3.05, 3.63) is 6.10 Å². The van der Waals surface area contributed by atoms with Crippen molar-refractivity contribution in [1.29, 1.82) is 0 Å². The van der Waals surface area contributed by atoms with E-state index in [2.05, 4.69) is 6.92 Å². The van der Waals surface area contributed by atoms with E-state index in [1.54, 1.807) is 0 Å². The summed E-state index contributed by atoms with van der Waals surface area (Å²) >= 11 is 0. The molecule has 1 atom stereocenters. The fraction of sp³-hybridized carbons (Fsp3) is 0.875. The number of hydrogen-bond acceptors (Lipinski definition) is 3. The molecule has 67 valence electrons. The van der Waals surface area contributed by atoms with E-state index < -0.39 is 0 Å². The molecule has 1 radical (unpaired) electrons.